The molecule has 2 amide bonds. The third-order valence-electron chi connectivity index (χ3n) is 5.25. The van der Waals surface area contributed by atoms with Crippen molar-refractivity contribution >= 4 is 28.9 Å². The normalized spacial score (nSPS) is 11.9. The van der Waals surface area contributed by atoms with E-state index in [1.165, 1.54) is 18.2 Å². The molecule has 0 spiro atoms. The Morgan fingerprint density at radius 3 is 2.50 bits per heavy atom. The number of anilines is 1. The molecular formula is C26H26F3N5O4. The Morgan fingerprint density at radius 2 is 1.89 bits per heavy atom. The predicted molar refractivity (Wildman–Crippen MR) is 135 cm³/mol. The molecule has 2 aromatic heterocycles. The van der Waals surface area contributed by atoms with E-state index in [9.17, 15) is 27.9 Å². The predicted octanol–water partition coefficient (Wildman–Crippen LogP) is 4.62. The van der Waals surface area contributed by atoms with Gasteiger partial charge in [0, 0.05) is 16.6 Å². The van der Waals surface area contributed by atoms with Crippen molar-refractivity contribution in [1.82, 2.24) is 15.3 Å². The molecule has 12 heteroatoms. The molecular weight excluding hydrogens is 503 g/mol. The van der Waals surface area contributed by atoms with Crippen LogP contribution >= 0.6 is 0 Å². The van der Waals surface area contributed by atoms with Gasteiger partial charge in [0.1, 0.15) is 22.7 Å². The number of aromatic nitrogens is 2. The van der Waals surface area contributed by atoms with E-state index in [0.29, 0.717) is 28.8 Å². The van der Waals surface area contributed by atoms with Crippen LogP contribution in [0.25, 0.3) is 22.4 Å². The zero-order valence-corrected chi connectivity index (χ0v) is 20.8. The van der Waals surface area contributed by atoms with Crippen LogP contribution in [0.15, 0.2) is 52.9 Å². The van der Waals surface area contributed by atoms with E-state index in [4.69, 9.17) is 10.2 Å². The molecule has 0 aliphatic rings. The lowest BCUT2D eigenvalue weighted by Crippen LogP contribution is -2.26. The maximum atomic E-state index is 12.8. The number of carbonyl (C=O) groups excluding carboxylic acids is 2. The fourth-order valence-electron chi connectivity index (χ4n) is 3.56. The standard InChI is InChI=1S/C16H14F3N3O2.C10H12N2O2/c1-7(20)14-8(2)21-15(24-14)10-3-5-11(23)13-9(10)4-6-12(22-13)16(17,18)19;1-8-3-2-4-9(5-8)12-10(14)6-11-7-13/h3-7,23H,20H2,1-2H3;2-5,7H,6H2,1H3,(H,11,13)(H,12,14)/t7-;/m0./s1. The summed E-state index contributed by atoms with van der Waals surface area (Å²) in [6.07, 6.45) is -4.10. The second-order valence-corrected chi connectivity index (χ2v) is 8.40. The van der Waals surface area contributed by atoms with Crippen LogP contribution in [0.3, 0.4) is 0 Å². The number of phenols is 1. The molecule has 4 rings (SSSR count). The third kappa shape index (κ3) is 6.85. The molecule has 0 unspecified atom stereocenters. The number of pyridine rings is 1. The van der Waals surface area contributed by atoms with Crippen molar-refractivity contribution in [3.05, 3.63) is 71.2 Å². The van der Waals surface area contributed by atoms with Crippen LogP contribution in [0.2, 0.25) is 0 Å². The van der Waals surface area contributed by atoms with Gasteiger partial charge in [-0.05, 0) is 62.7 Å². The zero-order chi connectivity index (χ0) is 28.0. The lowest BCUT2D eigenvalue weighted by Gasteiger charge is -2.09. The lowest BCUT2D eigenvalue weighted by atomic mass is 10.1. The number of fused-ring (bicyclic) bond motifs is 1. The topological polar surface area (TPSA) is 143 Å². The van der Waals surface area contributed by atoms with Gasteiger partial charge in [-0.2, -0.15) is 13.2 Å². The number of hydrogen-bond donors (Lipinski definition) is 4. The molecule has 0 aliphatic heterocycles. The first-order valence-electron chi connectivity index (χ1n) is 11.4. The first-order chi connectivity index (χ1) is 17.9. The highest BCUT2D eigenvalue weighted by Crippen LogP contribution is 2.36. The summed E-state index contributed by atoms with van der Waals surface area (Å²) in [6.45, 7) is 5.41. The molecule has 0 saturated carbocycles. The highest BCUT2D eigenvalue weighted by molar-refractivity contribution is 5.96. The van der Waals surface area contributed by atoms with E-state index in [1.807, 2.05) is 25.1 Å². The van der Waals surface area contributed by atoms with E-state index >= 15 is 0 Å². The lowest BCUT2D eigenvalue weighted by molar-refractivity contribution is -0.141. The number of rotatable bonds is 6. The minimum Gasteiger partial charge on any atom is -0.506 e. The number of aryl methyl sites for hydroxylation is 2. The Hall–Kier alpha value is -4.45. The minimum atomic E-state index is -4.60. The van der Waals surface area contributed by atoms with Gasteiger partial charge in [0.15, 0.2) is 0 Å². The number of carbonyl (C=O) groups is 2. The number of nitrogens with zero attached hydrogens (tertiary/aromatic N) is 2. The molecule has 2 aromatic carbocycles. The number of oxazole rings is 1. The molecule has 1 atom stereocenters. The van der Waals surface area contributed by atoms with Gasteiger partial charge < -0.3 is 25.9 Å². The highest BCUT2D eigenvalue weighted by Gasteiger charge is 2.33. The Labute approximate surface area is 215 Å². The van der Waals surface area contributed by atoms with Gasteiger partial charge >= 0.3 is 6.18 Å². The second-order valence-electron chi connectivity index (χ2n) is 8.40. The van der Waals surface area contributed by atoms with E-state index in [1.54, 1.807) is 19.9 Å². The Morgan fingerprint density at radius 1 is 1.16 bits per heavy atom. The molecule has 0 radical (unpaired) electrons. The quantitative estimate of drug-likeness (QED) is 0.267. The summed E-state index contributed by atoms with van der Waals surface area (Å²) >= 11 is 0. The number of hydrogen-bond acceptors (Lipinski definition) is 7. The summed E-state index contributed by atoms with van der Waals surface area (Å²) in [5.41, 5.74) is 7.39. The second kappa shape index (κ2) is 11.7. The monoisotopic (exact) mass is 529 g/mol. The fourth-order valence-corrected chi connectivity index (χ4v) is 3.56. The van der Waals surface area contributed by atoms with Crippen LogP contribution in [0.4, 0.5) is 18.9 Å². The Balaban J connectivity index is 0.000000244. The van der Waals surface area contributed by atoms with Crippen LogP contribution in [0.5, 0.6) is 5.75 Å². The summed E-state index contributed by atoms with van der Waals surface area (Å²) < 4.78 is 44.1. The molecule has 4 aromatic rings. The number of benzene rings is 2. The van der Waals surface area contributed by atoms with Crippen molar-refractivity contribution in [2.24, 2.45) is 5.73 Å². The third-order valence-corrected chi connectivity index (χ3v) is 5.25. The SMILES string of the molecule is Cc1cccc(NC(=O)CNC=O)c1.Cc1nc(-c2ccc(O)c3nc(C(F)(F)F)ccc23)oc1[C@H](C)N. The van der Waals surface area contributed by atoms with Gasteiger partial charge in [-0.25, -0.2) is 9.97 Å². The number of amides is 2. The van der Waals surface area contributed by atoms with Gasteiger partial charge in [-0.1, -0.05) is 12.1 Å². The van der Waals surface area contributed by atoms with Gasteiger partial charge in [-0.3, -0.25) is 9.59 Å². The molecule has 200 valence electrons. The fraction of sp³-hybridized carbons (Fsp3) is 0.231. The van der Waals surface area contributed by atoms with Crippen molar-refractivity contribution in [3.63, 3.8) is 0 Å². The summed E-state index contributed by atoms with van der Waals surface area (Å²) in [5, 5.41) is 15.1. The van der Waals surface area contributed by atoms with Crippen LogP contribution < -0.4 is 16.4 Å². The number of nitrogens with one attached hydrogen (secondary N) is 2. The molecule has 9 nitrogen and oxygen atoms in total. The van der Waals surface area contributed by atoms with Crippen LogP contribution in [-0.2, 0) is 15.8 Å². The average molecular weight is 530 g/mol. The number of nitrogens with two attached hydrogens (primary N) is 1. The largest absolute Gasteiger partial charge is 0.506 e. The first-order valence-corrected chi connectivity index (χ1v) is 11.4. The van der Waals surface area contributed by atoms with Gasteiger partial charge in [0.05, 0.1) is 18.3 Å². The van der Waals surface area contributed by atoms with Crippen LogP contribution in [0.1, 0.15) is 35.7 Å². The molecule has 0 bridgehead atoms. The zero-order valence-electron chi connectivity index (χ0n) is 20.8. The Bertz CT molecular complexity index is 1450. The molecule has 0 aliphatic carbocycles. The van der Waals surface area contributed by atoms with Gasteiger partial charge in [0.25, 0.3) is 0 Å². The van der Waals surface area contributed by atoms with Crippen molar-refractivity contribution in [2.45, 2.75) is 33.0 Å². The number of phenolic OH excluding ortho intramolecular Hbond substituents is 1. The maximum Gasteiger partial charge on any atom is 0.433 e. The molecule has 2 heterocycles. The molecule has 0 saturated heterocycles. The first kappa shape index (κ1) is 28.1. The van der Waals surface area contributed by atoms with Gasteiger partial charge in [-0.15, -0.1) is 0 Å². The smallest absolute Gasteiger partial charge is 0.433 e. The molecule has 0 fully saturated rings. The van der Waals surface area contributed by atoms with Crippen molar-refractivity contribution in [3.8, 4) is 17.2 Å². The van der Waals surface area contributed by atoms with E-state index in [0.717, 1.165) is 17.3 Å². The molecule has 38 heavy (non-hydrogen) atoms. The summed E-state index contributed by atoms with van der Waals surface area (Å²) in [6, 6.07) is 12.0. The van der Waals surface area contributed by atoms with E-state index in [2.05, 4.69) is 20.6 Å². The number of aromatic hydroxyl groups is 1. The number of alkyl halides is 3. The minimum absolute atomic E-state index is 0.00254. The number of halogens is 3. The summed E-state index contributed by atoms with van der Waals surface area (Å²) in [5.74, 6) is 0.121. The van der Waals surface area contributed by atoms with E-state index < -0.39 is 11.9 Å². The van der Waals surface area contributed by atoms with Gasteiger partial charge in [0.2, 0.25) is 18.2 Å². The summed E-state index contributed by atoms with van der Waals surface area (Å²) in [7, 11) is 0. The van der Waals surface area contributed by atoms with Crippen LogP contribution in [-0.4, -0.2) is 33.9 Å². The van der Waals surface area contributed by atoms with Crippen molar-refractivity contribution in [2.75, 3.05) is 11.9 Å². The maximum absolute atomic E-state index is 12.8. The van der Waals surface area contributed by atoms with Crippen molar-refractivity contribution < 1.29 is 32.3 Å². The van der Waals surface area contributed by atoms with Crippen molar-refractivity contribution in [1.29, 1.82) is 0 Å². The van der Waals surface area contributed by atoms with Crippen LogP contribution in [0, 0.1) is 13.8 Å². The summed E-state index contributed by atoms with van der Waals surface area (Å²) in [4.78, 5) is 28.9. The Kier molecular flexibility index (Phi) is 8.68. The van der Waals surface area contributed by atoms with E-state index in [-0.39, 0.29) is 35.7 Å². The average Bonchev–Trinajstić information content (AvgIpc) is 3.24. The molecule has 5 N–H and O–H groups in total. The highest BCUT2D eigenvalue weighted by atomic mass is 19.4.